The lowest BCUT2D eigenvalue weighted by Gasteiger charge is -2.15. The zero-order valence-electron chi connectivity index (χ0n) is 14.1. The smallest absolute Gasteiger partial charge is 0.380 e. The van der Waals surface area contributed by atoms with Crippen molar-refractivity contribution in [2.45, 2.75) is 45.0 Å². The summed E-state index contributed by atoms with van der Waals surface area (Å²) in [6.07, 6.45) is 2.00. The van der Waals surface area contributed by atoms with Crippen LogP contribution in [0.5, 0.6) is 0 Å². The molecule has 0 bridgehead atoms. The van der Waals surface area contributed by atoms with Crippen LogP contribution in [0.25, 0.3) is 5.57 Å². The van der Waals surface area contributed by atoms with Crippen molar-refractivity contribution >= 4 is 21.4 Å². The second kappa shape index (κ2) is 7.59. The topological polar surface area (TPSA) is 55.7 Å². The fourth-order valence-corrected chi connectivity index (χ4v) is 3.34. The summed E-state index contributed by atoms with van der Waals surface area (Å²) in [4.78, 5) is 4.33. The average Bonchev–Trinajstić information content (AvgIpc) is 2.89. The maximum absolute atomic E-state index is 12.7. The Morgan fingerprint density at radius 2 is 1.84 bits per heavy atom. The van der Waals surface area contributed by atoms with E-state index in [1.807, 2.05) is 26.0 Å². The molecule has 0 amide bonds. The third kappa shape index (κ3) is 4.23. The van der Waals surface area contributed by atoms with Crippen LogP contribution in [0.15, 0.2) is 35.0 Å². The van der Waals surface area contributed by atoms with Gasteiger partial charge in [0, 0.05) is 24.3 Å². The molecular weight excluding hydrogens is 355 g/mol. The number of hydrogen-bond acceptors (Lipinski definition) is 4. The molecule has 25 heavy (non-hydrogen) atoms. The number of aryl methyl sites for hydroxylation is 1. The van der Waals surface area contributed by atoms with Gasteiger partial charge in [-0.3, -0.25) is 4.99 Å². The molecule has 138 valence electrons. The number of hydrogen-bond donors (Lipinski definition) is 0. The monoisotopic (exact) mass is 375 g/mol. The van der Waals surface area contributed by atoms with Gasteiger partial charge in [0.25, 0.3) is 0 Å². The summed E-state index contributed by atoms with van der Waals surface area (Å²) in [5, 5.41) is 0. The van der Waals surface area contributed by atoms with Crippen molar-refractivity contribution < 1.29 is 25.8 Å². The van der Waals surface area contributed by atoms with Crippen LogP contribution in [0.3, 0.4) is 0 Å². The number of nitrogens with zero attached hydrogens (tertiary/aromatic N) is 1. The summed E-state index contributed by atoms with van der Waals surface area (Å²) in [7, 11) is -5.70. The van der Waals surface area contributed by atoms with E-state index in [9.17, 15) is 21.6 Å². The number of rotatable bonds is 6. The molecule has 1 aromatic carbocycles. The molecule has 0 N–H and O–H groups in total. The van der Waals surface area contributed by atoms with Gasteiger partial charge in [-0.25, -0.2) is 0 Å². The molecule has 0 atom stereocenters. The Hall–Kier alpha value is -1.83. The van der Waals surface area contributed by atoms with Crippen molar-refractivity contribution in [3.05, 3.63) is 41.2 Å². The van der Waals surface area contributed by atoms with E-state index in [4.69, 9.17) is 0 Å². The minimum absolute atomic E-state index is 0.0733. The van der Waals surface area contributed by atoms with Crippen LogP contribution in [-0.4, -0.2) is 26.2 Å². The molecule has 0 saturated carbocycles. The van der Waals surface area contributed by atoms with Gasteiger partial charge in [0.15, 0.2) is 0 Å². The first-order valence-corrected chi connectivity index (χ1v) is 9.48. The SMILES string of the molecule is CCCc1ccccc1C1=C(OS(=O)(=O)C(F)(F)F)CCC1=NCC. The molecule has 0 spiro atoms. The van der Waals surface area contributed by atoms with Crippen molar-refractivity contribution in [1.82, 2.24) is 0 Å². The van der Waals surface area contributed by atoms with Crippen LogP contribution in [0, 0.1) is 0 Å². The highest BCUT2D eigenvalue weighted by atomic mass is 32.2. The molecule has 0 aliphatic heterocycles. The summed E-state index contributed by atoms with van der Waals surface area (Å²) in [6, 6.07) is 7.25. The molecule has 0 heterocycles. The lowest BCUT2D eigenvalue weighted by atomic mass is 9.95. The van der Waals surface area contributed by atoms with E-state index in [0.29, 0.717) is 29.8 Å². The molecule has 0 saturated heterocycles. The first-order valence-electron chi connectivity index (χ1n) is 8.07. The number of aliphatic imine (C=N–C) groups is 1. The van der Waals surface area contributed by atoms with Gasteiger partial charge in [-0.1, -0.05) is 37.6 Å². The Bertz CT molecular complexity index is 796. The molecule has 0 aromatic heterocycles. The van der Waals surface area contributed by atoms with Crippen LogP contribution in [0.2, 0.25) is 0 Å². The van der Waals surface area contributed by atoms with E-state index >= 15 is 0 Å². The molecule has 1 aromatic rings. The Kier molecular flexibility index (Phi) is 5.92. The number of halogens is 3. The highest BCUT2D eigenvalue weighted by Crippen LogP contribution is 2.38. The number of alkyl halides is 3. The third-order valence-corrected chi connectivity index (χ3v) is 4.79. The maximum Gasteiger partial charge on any atom is 0.534 e. The molecule has 8 heteroatoms. The maximum atomic E-state index is 12.7. The standard InChI is InChI=1S/C17H20F3NO3S/c1-3-7-12-8-5-6-9-13(12)16-14(21-4-2)10-11-15(16)24-25(22,23)17(18,19)20/h5-6,8-9H,3-4,7,10-11H2,1-2H3. The van der Waals surface area contributed by atoms with Crippen LogP contribution >= 0.6 is 0 Å². The van der Waals surface area contributed by atoms with Crippen molar-refractivity contribution in [3.8, 4) is 0 Å². The summed E-state index contributed by atoms with van der Waals surface area (Å²) >= 11 is 0. The normalized spacial score (nSPS) is 17.4. The number of allylic oxidation sites excluding steroid dienone is 2. The molecule has 1 aliphatic carbocycles. The Labute approximate surface area is 145 Å². The zero-order chi connectivity index (χ0) is 18.7. The molecular formula is C17H20F3NO3S. The van der Waals surface area contributed by atoms with E-state index < -0.39 is 15.6 Å². The fourth-order valence-electron chi connectivity index (χ4n) is 2.81. The minimum Gasteiger partial charge on any atom is -0.380 e. The van der Waals surface area contributed by atoms with E-state index in [1.165, 1.54) is 0 Å². The molecule has 2 rings (SSSR count). The molecule has 1 aliphatic rings. The first kappa shape index (κ1) is 19.5. The largest absolute Gasteiger partial charge is 0.534 e. The Morgan fingerprint density at radius 1 is 1.16 bits per heavy atom. The highest BCUT2D eigenvalue weighted by Gasteiger charge is 2.49. The van der Waals surface area contributed by atoms with Crippen LogP contribution < -0.4 is 0 Å². The number of benzene rings is 1. The van der Waals surface area contributed by atoms with Crippen molar-refractivity contribution in [2.75, 3.05) is 6.54 Å². The van der Waals surface area contributed by atoms with E-state index in [2.05, 4.69) is 9.18 Å². The molecule has 0 radical (unpaired) electrons. The second-order valence-corrected chi connectivity index (χ2v) is 7.15. The summed E-state index contributed by atoms with van der Waals surface area (Å²) < 4.78 is 65.5. The van der Waals surface area contributed by atoms with Crippen molar-refractivity contribution in [3.63, 3.8) is 0 Å². The predicted octanol–water partition coefficient (Wildman–Crippen LogP) is 4.47. The van der Waals surface area contributed by atoms with Gasteiger partial charge in [-0.05, 0) is 30.9 Å². The lowest BCUT2D eigenvalue weighted by molar-refractivity contribution is -0.0522. The summed E-state index contributed by atoms with van der Waals surface area (Å²) in [5.41, 5.74) is -2.90. The van der Waals surface area contributed by atoms with Gasteiger partial charge >= 0.3 is 15.6 Å². The van der Waals surface area contributed by atoms with Gasteiger partial charge in [0.1, 0.15) is 5.76 Å². The van der Waals surface area contributed by atoms with Crippen LogP contribution in [0.4, 0.5) is 13.2 Å². The van der Waals surface area contributed by atoms with E-state index in [1.54, 1.807) is 12.1 Å². The zero-order valence-corrected chi connectivity index (χ0v) is 14.9. The summed E-state index contributed by atoms with van der Waals surface area (Å²) in [6.45, 7) is 4.26. The average molecular weight is 375 g/mol. The van der Waals surface area contributed by atoms with E-state index in [0.717, 1.165) is 18.4 Å². The van der Waals surface area contributed by atoms with Crippen molar-refractivity contribution in [2.24, 2.45) is 4.99 Å². The summed E-state index contributed by atoms with van der Waals surface area (Å²) in [5.74, 6) is -0.187. The Morgan fingerprint density at radius 3 is 2.44 bits per heavy atom. The Balaban J connectivity index is 2.59. The van der Waals surface area contributed by atoms with Crippen LogP contribution in [-0.2, 0) is 20.7 Å². The fraction of sp³-hybridized carbons (Fsp3) is 0.471. The predicted molar refractivity (Wildman–Crippen MR) is 90.6 cm³/mol. The first-order chi connectivity index (χ1) is 11.7. The highest BCUT2D eigenvalue weighted by molar-refractivity contribution is 7.87. The van der Waals surface area contributed by atoms with Crippen LogP contribution in [0.1, 0.15) is 44.2 Å². The van der Waals surface area contributed by atoms with Gasteiger partial charge in [-0.15, -0.1) is 0 Å². The quantitative estimate of drug-likeness (QED) is 0.544. The van der Waals surface area contributed by atoms with Crippen molar-refractivity contribution in [1.29, 1.82) is 0 Å². The van der Waals surface area contributed by atoms with Gasteiger partial charge < -0.3 is 4.18 Å². The third-order valence-electron chi connectivity index (χ3n) is 3.81. The second-order valence-electron chi connectivity index (χ2n) is 5.61. The van der Waals surface area contributed by atoms with Gasteiger partial charge in [0.05, 0.1) is 0 Å². The van der Waals surface area contributed by atoms with Gasteiger partial charge in [0.2, 0.25) is 0 Å². The molecule has 0 unspecified atom stereocenters. The molecule has 4 nitrogen and oxygen atoms in total. The van der Waals surface area contributed by atoms with Gasteiger partial charge in [-0.2, -0.15) is 21.6 Å². The van der Waals surface area contributed by atoms with E-state index in [-0.39, 0.29) is 12.2 Å². The lowest BCUT2D eigenvalue weighted by Crippen LogP contribution is -2.25. The minimum atomic E-state index is -5.70. The molecule has 0 fully saturated rings.